The van der Waals surface area contributed by atoms with Gasteiger partial charge < -0.3 is 15.1 Å². The van der Waals surface area contributed by atoms with Crippen molar-refractivity contribution in [3.8, 4) is 0 Å². The number of amides is 2. The van der Waals surface area contributed by atoms with E-state index in [1.807, 2.05) is 29.2 Å². The maximum absolute atomic E-state index is 12.5. The maximum atomic E-state index is 12.5. The van der Waals surface area contributed by atoms with Gasteiger partial charge >= 0.3 is 0 Å². The van der Waals surface area contributed by atoms with Crippen LogP contribution in [0.5, 0.6) is 0 Å². The second-order valence-electron chi connectivity index (χ2n) is 6.02. The Hall–Kier alpha value is -2.53. The quantitative estimate of drug-likeness (QED) is 0.917. The normalized spacial score (nSPS) is 14.3. The molecule has 0 bridgehead atoms. The number of hydrogen-bond acceptors (Lipinski definition) is 3. The summed E-state index contributed by atoms with van der Waals surface area (Å²) in [4.78, 5) is 27.8. The predicted molar refractivity (Wildman–Crippen MR) is 100 cm³/mol. The van der Waals surface area contributed by atoms with Crippen LogP contribution in [0.4, 0.5) is 11.4 Å². The van der Waals surface area contributed by atoms with Gasteiger partial charge in [0.1, 0.15) is 0 Å². The molecule has 5 nitrogen and oxygen atoms in total. The van der Waals surface area contributed by atoms with Crippen molar-refractivity contribution in [3.05, 3.63) is 59.1 Å². The Morgan fingerprint density at radius 3 is 2.32 bits per heavy atom. The van der Waals surface area contributed by atoms with Crippen LogP contribution >= 0.6 is 11.6 Å². The van der Waals surface area contributed by atoms with Crippen LogP contribution < -0.4 is 10.2 Å². The summed E-state index contributed by atoms with van der Waals surface area (Å²) in [5.41, 5.74) is 2.49. The van der Waals surface area contributed by atoms with Gasteiger partial charge in [0.05, 0.1) is 0 Å². The first kappa shape index (κ1) is 17.3. The van der Waals surface area contributed by atoms with Crippen molar-refractivity contribution in [1.29, 1.82) is 0 Å². The van der Waals surface area contributed by atoms with E-state index in [1.165, 1.54) is 6.92 Å². The fraction of sp³-hybridized carbons (Fsp3) is 0.263. The molecule has 0 saturated carbocycles. The number of nitrogens with zero attached hydrogens (tertiary/aromatic N) is 2. The van der Waals surface area contributed by atoms with Crippen LogP contribution in [0.1, 0.15) is 17.3 Å². The van der Waals surface area contributed by atoms with Gasteiger partial charge in [0.2, 0.25) is 5.91 Å². The molecule has 6 heteroatoms. The van der Waals surface area contributed by atoms with E-state index in [-0.39, 0.29) is 11.8 Å². The molecule has 0 spiro atoms. The Labute approximate surface area is 152 Å². The Balaban J connectivity index is 1.62. The van der Waals surface area contributed by atoms with E-state index in [9.17, 15) is 9.59 Å². The molecule has 2 aromatic rings. The molecule has 0 atom stereocenters. The van der Waals surface area contributed by atoms with Gasteiger partial charge in [0, 0.05) is 55.1 Å². The first-order valence-electron chi connectivity index (χ1n) is 8.20. The third-order valence-electron chi connectivity index (χ3n) is 4.19. The lowest BCUT2D eigenvalue weighted by molar-refractivity contribution is -0.114. The lowest BCUT2D eigenvalue weighted by atomic mass is 10.1. The maximum Gasteiger partial charge on any atom is 0.253 e. The number of piperazine rings is 1. The first-order valence-corrected chi connectivity index (χ1v) is 8.58. The van der Waals surface area contributed by atoms with Crippen LogP contribution in [-0.2, 0) is 4.79 Å². The summed E-state index contributed by atoms with van der Waals surface area (Å²) in [5.74, 6) is -0.0566. The molecule has 3 rings (SSSR count). The topological polar surface area (TPSA) is 52.7 Å². The second kappa shape index (κ2) is 7.57. The van der Waals surface area contributed by atoms with Crippen molar-refractivity contribution >= 4 is 34.8 Å². The van der Waals surface area contributed by atoms with Crippen LogP contribution in [-0.4, -0.2) is 42.9 Å². The van der Waals surface area contributed by atoms with E-state index < -0.39 is 0 Å². The van der Waals surface area contributed by atoms with Crippen molar-refractivity contribution in [3.63, 3.8) is 0 Å². The fourth-order valence-corrected chi connectivity index (χ4v) is 3.05. The molecule has 25 heavy (non-hydrogen) atoms. The summed E-state index contributed by atoms with van der Waals surface area (Å²) in [7, 11) is 0. The summed E-state index contributed by atoms with van der Waals surface area (Å²) in [5, 5.41) is 3.42. The highest BCUT2D eigenvalue weighted by Gasteiger charge is 2.22. The summed E-state index contributed by atoms with van der Waals surface area (Å²) >= 11 is 5.88. The summed E-state index contributed by atoms with van der Waals surface area (Å²) in [6, 6.07) is 14.7. The van der Waals surface area contributed by atoms with Crippen molar-refractivity contribution < 1.29 is 9.59 Å². The van der Waals surface area contributed by atoms with Crippen LogP contribution in [0.25, 0.3) is 0 Å². The number of halogens is 1. The number of benzene rings is 2. The molecule has 1 saturated heterocycles. The molecular weight excluding hydrogens is 338 g/mol. The zero-order chi connectivity index (χ0) is 17.8. The highest BCUT2D eigenvalue weighted by Crippen LogP contribution is 2.21. The zero-order valence-electron chi connectivity index (χ0n) is 14.0. The standard InChI is InChI=1S/C19H20ClN3O2/c1-14(24)21-17-3-2-4-18(13-17)22-9-11-23(12-10-22)19(25)15-5-7-16(20)8-6-15/h2-8,13H,9-12H2,1H3,(H,21,24). The molecule has 0 unspecified atom stereocenters. The number of anilines is 2. The highest BCUT2D eigenvalue weighted by atomic mass is 35.5. The third kappa shape index (κ3) is 4.31. The second-order valence-corrected chi connectivity index (χ2v) is 6.45. The molecule has 1 aliphatic heterocycles. The molecule has 2 amide bonds. The first-order chi connectivity index (χ1) is 12.0. The highest BCUT2D eigenvalue weighted by molar-refractivity contribution is 6.30. The van der Waals surface area contributed by atoms with Gasteiger partial charge in [-0.1, -0.05) is 17.7 Å². The van der Waals surface area contributed by atoms with Crippen molar-refractivity contribution in [1.82, 2.24) is 4.90 Å². The molecule has 1 aliphatic rings. The van der Waals surface area contributed by atoms with Crippen LogP contribution in [0, 0.1) is 0 Å². The fourth-order valence-electron chi connectivity index (χ4n) is 2.93. The monoisotopic (exact) mass is 357 g/mol. The molecule has 1 fully saturated rings. The van der Waals surface area contributed by atoms with Crippen LogP contribution in [0.3, 0.4) is 0 Å². The van der Waals surface area contributed by atoms with Crippen molar-refractivity contribution in [2.24, 2.45) is 0 Å². The van der Waals surface area contributed by atoms with Gasteiger partial charge in [-0.25, -0.2) is 0 Å². The minimum absolute atomic E-state index is 0.0308. The van der Waals surface area contributed by atoms with E-state index in [2.05, 4.69) is 10.2 Å². The Morgan fingerprint density at radius 1 is 1.00 bits per heavy atom. The minimum Gasteiger partial charge on any atom is -0.368 e. The number of carbonyl (C=O) groups is 2. The minimum atomic E-state index is -0.0875. The average Bonchev–Trinajstić information content (AvgIpc) is 2.62. The van der Waals surface area contributed by atoms with Gasteiger partial charge in [-0.2, -0.15) is 0 Å². The van der Waals surface area contributed by atoms with Crippen molar-refractivity contribution in [2.75, 3.05) is 36.4 Å². The smallest absolute Gasteiger partial charge is 0.253 e. The van der Waals surface area contributed by atoms with E-state index >= 15 is 0 Å². The van der Waals surface area contributed by atoms with E-state index in [4.69, 9.17) is 11.6 Å². The number of nitrogens with one attached hydrogen (secondary N) is 1. The van der Waals surface area contributed by atoms with Gasteiger partial charge in [0.15, 0.2) is 0 Å². The van der Waals surface area contributed by atoms with Crippen LogP contribution in [0.15, 0.2) is 48.5 Å². The molecule has 1 heterocycles. The molecular formula is C19H20ClN3O2. The van der Waals surface area contributed by atoms with Gasteiger partial charge in [-0.3, -0.25) is 9.59 Å². The van der Waals surface area contributed by atoms with Gasteiger partial charge in [0.25, 0.3) is 5.91 Å². The number of rotatable bonds is 3. The summed E-state index contributed by atoms with van der Waals surface area (Å²) < 4.78 is 0. The SMILES string of the molecule is CC(=O)Nc1cccc(N2CCN(C(=O)c3ccc(Cl)cc3)CC2)c1. The molecule has 0 aromatic heterocycles. The predicted octanol–water partition coefficient (Wildman–Crippen LogP) is 3.26. The molecule has 2 aromatic carbocycles. The summed E-state index contributed by atoms with van der Waals surface area (Å²) in [6.45, 7) is 4.32. The van der Waals surface area contributed by atoms with Crippen LogP contribution in [0.2, 0.25) is 5.02 Å². The third-order valence-corrected chi connectivity index (χ3v) is 4.44. The lowest BCUT2D eigenvalue weighted by Crippen LogP contribution is -2.48. The largest absolute Gasteiger partial charge is 0.368 e. The summed E-state index contributed by atoms with van der Waals surface area (Å²) in [6.07, 6.45) is 0. The molecule has 130 valence electrons. The van der Waals surface area contributed by atoms with Gasteiger partial charge in [-0.05, 0) is 42.5 Å². The molecule has 0 radical (unpaired) electrons. The Kier molecular flexibility index (Phi) is 5.24. The van der Waals surface area contributed by atoms with Gasteiger partial charge in [-0.15, -0.1) is 0 Å². The van der Waals surface area contributed by atoms with E-state index in [0.29, 0.717) is 23.7 Å². The lowest BCUT2D eigenvalue weighted by Gasteiger charge is -2.36. The van der Waals surface area contributed by atoms with E-state index in [0.717, 1.165) is 24.5 Å². The zero-order valence-corrected chi connectivity index (χ0v) is 14.8. The Morgan fingerprint density at radius 2 is 1.68 bits per heavy atom. The van der Waals surface area contributed by atoms with Crippen molar-refractivity contribution in [2.45, 2.75) is 6.92 Å². The number of carbonyl (C=O) groups excluding carboxylic acids is 2. The molecule has 0 aliphatic carbocycles. The Bertz CT molecular complexity index is 768. The molecule has 1 N–H and O–H groups in total. The average molecular weight is 358 g/mol. The number of hydrogen-bond donors (Lipinski definition) is 1. The van der Waals surface area contributed by atoms with E-state index in [1.54, 1.807) is 24.3 Å².